The molecule has 60 heavy (non-hydrogen) atoms. The predicted molar refractivity (Wildman–Crippen MR) is 245 cm³/mol. The van der Waals surface area contributed by atoms with Crippen molar-refractivity contribution in [1.29, 1.82) is 0 Å². The van der Waals surface area contributed by atoms with Crippen LogP contribution >= 0.6 is 11.6 Å². The fourth-order valence-electron chi connectivity index (χ4n) is 8.68. The highest BCUT2D eigenvalue weighted by atomic mass is 35.5. The Morgan fingerprint density at radius 1 is 0.900 bits per heavy atom. The summed E-state index contributed by atoms with van der Waals surface area (Å²) in [6, 6.07) is 18.5. The number of nitrogens with zero attached hydrogens (tertiary/aromatic N) is 6. The summed E-state index contributed by atoms with van der Waals surface area (Å²) >= 11 is 6.61. The number of carbonyl (C=O) groups is 3. The Morgan fingerprint density at radius 3 is 2.25 bits per heavy atom. The van der Waals surface area contributed by atoms with Crippen LogP contribution in [0.5, 0.6) is 0 Å². The van der Waals surface area contributed by atoms with Gasteiger partial charge in [-0.2, -0.15) is 0 Å². The number of rotatable bonds is 18. The predicted octanol–water partition coefficient (Wildman–Crippen LogP) is 7.09. The minimum absolute atomic E-state index is 0.220. The molecule has 1 spiro atoms. The number of halogens is 1. The molecule has 3 aliphatic heterocycles. The molecule has 1 unspecified atom stereocenters. The molecule has 4 heterocycles. The van der Waals surface area contributed by atoms with Crippen molar-refractivity contribution in [3.8, 4) is 0 Å². The van der Waals surface area contributed by atoms with Crippen LogP contribution in [0.2, 0.25) is 0 Å². The van der Waals surface area contributed by atoms with Gasteiger partial charge in [-0.1, -0.05) is 41.9 Å². The van der Waals surface area contributed by atoms with Gasteiger partial charge in [0.15, 0.2) is 0 Å². The maximum atomic E-state index is 14.0. The van der Waals surface area contributed by atoms with E-state index >= 15 is 0 Å². The van der Waals surface area contributed by atoms with Gasteiger partial charge in [0.25, 0.3) is 0 Å². The number of aliphatic imine (C=N–C) groups is 2. The molecule has 4 aliphatic rings. The third-order valence-electron chi connectivity index (χ3n) is 12.3. The zero-order chi connectivity index (χ0) is 42.3. The zero-order valence-electron chi connectivity index (χ0n) is 35.3. The van der Waals surface area contributed by atoms with Crippen molar-refractivity contribution in [2.45, 2.75) is 75.7 Å². The van der Waals surface area contributed by atoms with E-state index in [-0.39, 0.29) is 24.0 Å². The third-order valence-corrected chi connectivity index (χ3v) is 12.6. The summed E-state index contributed by atoms with van der Waals surface area (Å²) in [6.45, 7) is 10.7. The number of piperidine rings is 2. The Kier molecular flexibility index (Phi) is 16.6. The molecule has 1 amide bonds. The van der Waals surface area contributed by atoms with E-state index in [4.69, 9.17) is 16.6 Å². The number of aldehydes is 2. The normalized spacial score (nSPS) is 19.4. The molecule has 7 rings (SSSR count). The number of hydrogen-bond donors (Lipinski definition) is 3. The quantitative estimate of drug-likeness (QED) is 0.0908. The molecule has 12 nitrogen and oxygen atoms in total. The van der Waals surface area contributed by atoms with E-state index in [9.17, 15) is 14.4 Å². The van der Waals surface area contributed by atoms with Crippen molar-refractivity contribution in [2.24, 2.45) is 15.4 Å². The minimum Gasteiger partial charge on any atom is -0.376 e. The molecule has 0 radical (unpaired) electrons. The van der Waals surface area contributed by atoms with Crippen molar-refractivity contribution in [2.75, 3.05) is 82.1 Å². The summed E-state index contributed by atoms with van der Waals surface area (Å²) in [6.07, 6.45) is 15.0. The number of carbonyl (C=O) groups excluding carboxylic acids is 3. The van der Waals surface area contributed by atoms with Gasteiger partial charge in [0.05, 0.1) is 46.0 Å². The Hall–Kier alpha value is -4.75. The third kappa shape index (κ3) is 12.0. The lowest BCUT2D eigenvalue weighted by atomic mass is 9.77. The molecule has 1 aromatic heterocycles. The Morgan fingerprint density at radius 2 is 1.58 bits per heavy atom. The highest BCUT2D eigenvalue weighted by molar-refractivity contribution is 6.46. The van der Waals surface area contributed by atoms with Crippen LogP contribution in [-0.4, -0.2) is 118 Å². The lowest BCUT2D eigenvalue weighted by molar-refractivity contribution is -0.128. The topological polar surface area (TPSA) is 135 Å². The fourth-order valence-corrected chi connectivity index (χ4v) is 8.92. The van der Waals surface area contributed by atoms with E-state index in [1.54, 1.807) is 12.4 Å². The molecular formula is C47H62ClN9O3. The molecule has 3 N–H and O–H groups in total. The lowest BCUT2D eigenvalue weighted by Crippen LogP contribution is -2.47. The van der Waals surface area contributed by atoms with Gasteiger partial charge in [0.1, 0.15) is 19.2 Å². The maximum absolute atomic E-state index is 14.0. The van der Waals surface area contributed by atoms with Gasteiger partial charge in [-0.05, 0) is 146 Å². The van der Waals surface area contributed by atoms with Crippen LogP contribution in [0.1, 0.15) is 86.3 Å². The number of likely N-dealkylation sites (tertiary alicyclic amines) is 2. The Bertz CT molecular complexity index is 1950. The Balaban J connectivity index is 0.00000195. The number of anilines is 3. The smallest absolute Gasteiger partial charge is 0.233 e. The van der Waals surface area contributed by atoms with Crippen molar-refractivity contribution in [1.82, 2.24) is 20.1 Å². The van der Waals surface area contributed by atoms with E-state index in [0.717, 1.165) is 107 Å². The van der Waals surface area contributed by atoms with Gasteiger partial charge >= 0.3 is 0 Å². The minimum atomic E-state index is -0.344. The molecule has 1 atom stereocenters. The van der Waals surface area contributed by atoms with Crippen LogP contribution in [0.4, 0.5) is 17.1 Å². The summed E-state index contributed by atoms with van der Waals surface area (Å²) in [7, 11) is 3.75. The van der Waals surface area contributed by atoms with E-state index in [0.29, 0.717) is 42.0 Å². The highest BCUT2D eigenvalue weighted by Crippen LogP contribution is 2.43. The summed E-state index contributed by atoms with van der Waals surface area (Å²) < 4.78 is 0. The SMILES string of the molecule is C=N/C=C(Cl)\C(=N/CNc1cncc(N2CCC3(CCN(CCN4CCC(c5ccc(NC(C=O)CCC=O)cc5)CC4)CC3)C2=O)c1)c1cccc(C2CC2)c1.CNC. The fraction of sp³-hybridized carbons (Fsp3) is 0.489. The number of nitrogens with one attached hydrogen (secondary N) is 3. The molecular weight excluding hydrogens is 774 g/mol. The molecule has 4 fully saturated rings. The molecule has 320 valence electrons. The van der Waals surface area contributed by atoms with Crippen LogP contribution in [0.15, 0.2) is 88.2 Å². The highest BCUT2D eigenvalue weighted by Gasteiger charge is 2.48. The van der Waals surface area contributed by atoms with Crippen molar-refractivity contribution < 1.29 is 14.4 Å². The van der Waals surface area contributed by atoms with Gasteiger partial charge in [-0.3, -0.25) is 19.8 Å². The summed E-state index contributed by atoms with van der Waals surface area (Å²) in [5.41, 5.74) is 6.47. The molecule has 13 heteroatoms. The molecule has 3 saturated heterocycles. The lowest BCUT2D eigenvalue weighted by Gasteiger charge is -2.39. The van der Waals surface area contributed by atoms with Crippen LogP contribution in [0.3, 0.4) is 0 Å². The molecule has 0 bridgehead atoms. The second kappa shape index (κ2) is 22.2. The molecule has 1 saturated carbocycles. The van der Waals surface area contributed by atoms with Gasteiger partial charge in [0.2, 0.25) is 5.91 Å². The molecule has 3 aromatic rings. The van der Waals surface area contributed by atoms with Gasteiger partial charge < -0.3 is 40.2 Å². The van der Waals surface area contributed by atoms with E-state index in [1.165, 1.54) is 30.2 Å². The van der Waals surface area contributed by atoms with Crippen molar-refractivity contribution in [3.05, 3.63) is 94.9 Å². The first-order chi connectivity index (χ1) is 29.3. The van der Waals surface area contributed by atoms with Crippen LogP contribution in [-0.2, 0) is 14.4 Å². The van der Waals surface area contributed by atoms with Crippen LogP contribution in [0.25, 0.3) is 0 Å². The zero-order valence-corrected chi connectivity index (χ0v) is 36.1. The van der Waals surface area contributed by atoms with Gasteiger partial charge in [-0.25, -0.2) is 0 Å². The van der Waals surface area contributed by atoms with Crippen molar-refractivity contribution >= 4 is 59.6 Å². The average molecular weight is 837 g/mol. The van der Waals surface area contributed by atoms with Gasteiger partial charge in [0, 0.05) is 43.5 Å². The number of pyridine rings is 1. The summed E-state index contributed by atoms with van der Waals surface area (Å²) in [4.78, 5) is 56.2. The number of allylic oxidation sites excluding steroid dienone is 1. The maximum Gasteiger partial charge on any atom is 0.233 e. The summed E-state index contributed by atoms with van der Waals surface area (Å²) in [5.74, 6) is 1.37. The van der Waals surface area contributed by atoms with Crippen molar-refractivity contribution in [3.63, 3.8) is 0 Å². The van der Waals surface area contributed by atoms with E-state index in [2.05, 4.69) is 72.8 Å². The monoisotopic (exact) mass is 835 g/mol. The molecule has 1 aliphatic carbocycles. The average Bonchev–Trinajstić information content (AvgIpc) is 4.09. The second-order valence-electron chi connectivity index (χ2n) is 16.5. The van der Waals surface area contributed by atoms with E-state index < -0.39 is 0 Å². The van der Waals surface area contributed by atoms with E-state index in [1.807, 2.05) is 43.3 Å². The first-order valence-corrected chi connectivity index (χ1v) is 21.9. The number of amides is 1. The second-order valence-corrected chi connectivity index (χ2v) is 16.9. The number of benzene rings is 2. The Labute approximate surface area is 361 Å². The number of aromatic nitrogens is 1. The first-order valence-electron chi connectivity index (χ1n) is 21.6. The van der Waals surface area contributed by atoms with Crippen LogP contribution in [0, 0.1) is 5.41 Å². The largest absolute Gasteiger partial charge is 0.376 e. The summed E-state index contributed by atoms with van der Waals surface area (Å²) in [5, 5.41) is 9.77. The van der Waals surface area contributed by atoms with Crippen LogP contribution < -0.4 is 20.9 Å². The molecule has 2 aromatic carbocycles. The van der Waals surface area contributed by atoms with Gasteiger partial charge in [-0.15, -0.1) is 0 Å². The standard InChI is InChI=1S/C45H55ClN8O3.C2H7N/c1-47-30-42(46)43(37-5-2-4-36(26-37)34-7-8-34)50-32-49-40-27-41(29-48-28-40)54-22-17-45(44(54)57)15-20-53(21-16-45)24-23-52-18-13-35(14-19-52)33-9-11-38(12-10-33)51-39(31-56)6-3-25-55;1-3-2/h2,4-5,9-12,25-31,34-35,39,49,51H,1,3,6-8,13-24,32H2;3H,1-2H3/b42-30+,50-43-;. The first kappa shape index (κ1) is 44.8. The number of hydrogen-bond acceptors (Lipinski definition) is 11.